The van der Waals surface area contributed by atoms with Crippen molar-refractivity contribution in [3.63, 3.8) is 0 Å². The molecule has 0 aliphatic carbocycles. The molecule has 1 aromatic carbocycles. The number of rotatable bonds is 6. The third-order valence-corrected chi connectivity index (χ3v) is 4.64. The summed E-state index contributed by atoms with van der Waals surface area (Å²) in [4.78, 5) is 4.40. The number of anilines is 1. The maximum absolute atomic E-state index is 13.0. The Bertz CT molecular complexity index is 981. The van der Waals surface area contributed by atoms with Crippen molar-refractivity contribution in [2.24, 2.45) is 0 Å². The zero-order chi connectivity index (χ0) is 17.8. The lowest BCUT2D eigenvalue weighted by atomic mass is 10.2. The number of nitrogens with zero attached hydrogens (tertiary/aromatic N) is 5. The minimum atomic E-state index is -0.238. The summed E-state index contributed by atoms with van der Waals surface area (Å²) in [6.45, 7) is 0.564. The van der Waals surface area contributed by atoms with Gasteiger partial charge in [0.05, 0.1) is 0 Å². The second-order valence-electron chi connectivity index (χ2n) is 5.59. The molecule has 1 N–H and O–H groups in total. The molecule has 8 heteroatoms. The van der Waals surface area contributed by atoms with Crippen LogP contribution < -0.4 is 5.32 Å². The highest BCUT2D eigenvalue weighted by molar-refractivity contribution is 7.15. The lowest BCUT2D eigenvalue weighted by Gasteiger charge is -2.08. The monoisotopic (exact) mass is 366 g/mol. The highest BCUT2D eigenvalue weighted by Crippen LogP contribution is 2.20. The maximum atomic E-state index is 13.0. The lowest BCUT2D eigenvalue weighted by Crippen LogP contribution is -2.07. The summed E-state index contributed by atoms with van der Waals surface area (Å²) in [6, 6.07) is 12.2. The second-order valence-corrected chi connectivity index (χ2v) is 6.66. The fourth-order valence-electron chi connectivity index (χ4n) is 2.51. The number of hydrogen-bond donors (Lipinski definition) is 1. The molecule has 4 rings (SSSR count). The van der Waals surface area contributed by atoms with E-state index < -0.39 is 0 Å². The zero-order valence-corrected chi connectivity index (χ0v) is 14.5. The van der Waals surface area contributed by atoms with Gasteiger partial charge in [-0.3, -0.25) is 0 Å². The molecule has 4 aromatic rings. The molecule has 0 aliphatic rings. The Kier molecular flexibility index (Phi) is 4.65. The number of hydrogen-bond acceptors (Lipinski definition) is 6. The molecule has 6 nitrogen and oxygen atoms in total. The Morgan fingerprint density at radius 1 is 1.04 bits per heavy atom. The number of nitrogens with one attached hydrogen (secondary N) is 1. The summed E-state index contributed by atoms with van der Waals surface area (Å²) in [7, 11) is 0. The van der Waals surface area contributed by atoms with Crippen molar-refractivity contribution < 1.29 is 4.39 Å². The molecule has 0 bridgehead atoms. The van der Waals surface area contributed by atoms with E-state index in [1.807, 2.05) is 24.4 Å². The van der Waals surface area contributed by atoms with Crippen LogP contribution in [0.3, 0.4) is 0 Å². The van der Waals surface area contributed by atoms with Crippen LogP contribution in [0.5, 0.6) is 0 Å². The smallest absolute Gasteiger partial charge is 0.205 e. The fraction of sp³-hybridized carbons (Fsp3) is 0.111. The predicted octanol–water partition coefficient (Wildman–Crippen LogP) is 3.46. The Morgan fingerprint density at radius 3 is 2.73 bits per heavy atom. The zero-order valence-electron chi connectivity index (χ0n) is 13.7. The van der Waals surface area contributed by atoms with Gasteiger partial charge in [-0.15, -0.1) is 10.2 Å². The topological polar surface area (TPSA) is 68.5 Å². The van der Waals surface area contributed by atoms with Gasteiger partial charge in [-0.25, -0.2) is 14.1 Å². The van der Waals surface area contributed by atoms with Crippen molar-refractivity contribution in [3.05, 3.63) is 83.0 Å². The molecular weight excluding hydrogens is 351 g/mol. The molecule has 26 heavy (non-hydrogen) atoms. The van der Waals surface area contributed by atoms with Gasteiger partial charge in [0, 0.05) is 37.1 Å². The summed E-state index contributed by atoms with van der Waals surface area (Å²) in [5, 5.41) is 17.5. The van der Waals surface area contributed by atoms with Gasteiger partial charge in [-0.1, -0.05) is 29.5 Å². The normalized spacial score (nSPS) is 10.8. The third-order valence-electron chi connectivity index (χ3n) is 3.75. The van der Waals surface area contributed by atoms with Gasteiger partial charge in [-0.2, -0.15) is 5.10 Å². The molecule has 3 aromatic heterocycles. The van der Waals surface area contributed by atoms with E-state index in [9.17, 15) is 4.39 Å². The average Bonchev–Trinajstić information content (AvgIpc) is 3.34. The van der Waals surface area contributed by atoms with E-state index in [1.54, 1.807) is 29.2 Å². The fourth-order valence-corrected chi connectivity index (χ4v) is 3.28. The molecule has 0 unspecified atom stereocenters. The van der Waals surface area contributed by atoms with Crippen molar-refractivity contribution in [1.82, 2.24) is 25.0 Å². The first-order valence-electron chi connectivity index (χ1n) is 8.02. The summed E-state index contributed by atoms with van der Waals surface area (Å²) in [5.74, 6) is 0.541. The van der Waals surface area contributed by atoms with Crippen LogP contribution >= 0.6 is 11.3 Å². The minimum absolute atomic E-state index is 0.238. The lowest BCUT2D eigenvalue weighted by molar-refractivity contribution is 0.627. The molecular formula is C18H15FN6S. The third kappa shape index (κ3) is 3.75. The number of halogens is 1. The van der Waals surface area contributed by atoms with Gasteiger partial charge in [-0.05, 0) is 29.8 Å². The second kappa shape index (κ2) is 7.40. The van der Waals surface area contributed by atoms with Gasteiger partial charge < -0.3 is 5.32 Å². The summed E-state index contributed by atoms with van der Waals surface area (Å²) >= 11 is 1.48. The van der Waals surface area contributed by atoms with Crippen LogP contribution in [-0.4, -0.2) is 25.0 Å². The highest BCUT2D eigenvalue weighted by atomic mass is 32.1. The van der Waals surface area contributed by atoms with Crippen LogP contribution in [-0.2, 0) is 13.0 Å². The van der Waals surface area contributed by atoms with Gasteiger partial charge in [0.25, 0.3) is 0 Å². The Labute approximate surface area is 153 Å². The molecule has 0 radical (unpaired) electrons. The standard InChI is InChI=1S/C18H15FN6S/c19-15-6-4-13(5-7-15)11-16-23-24-18(26-16)21-12-14-3-1-8-20-17(14)25-10-2-9-22-25/h1-10H,11-12H2,(H,21,24). The van der Waals surface area contributed by atoms with E-state index in [-0.39, 0.29) is 5.82 Å². The van der Waals surface area contributed by atoms with Crippen LogP contribution in [0.1, 0.15) is 16.1 Å². The van der Waals surface area contributed by atoms with Crippen LogP contribution in [0.4, 0.5) is 9.52 Å². The quantitative estimate of drug-likeness (QED) is 0.566. The maximum Gasteiger partial charge on any atom is 0.205 e. The summed E-state index contributed by atoms with van der Waals surface area (Å²) in [5.41, 5.74) is 2.01. The molecule has 0 saturated heterocycles. The van der Waals surface area contributed by atoms with E-state index in [0.29, 0.717) is 13.0 Å². The number of pyridine rings is 1. The molecule has 0 spiro atoms. The van der Waals surface area contributed by atoms with E-state index in [1.165, 1.54) is 23.5 Å². The van der Waals surface area contributed by atoms with E-state index in [4.69, 9.17) is 0 Å². The number of benzene rings is 1. The molecule has 0 atom stereocenters. The largest absolute Gasteiger partial charge is 0.356 e. The first-order valence-corrected chi connectivity index (χ1v) is 8.84. The molecule has 0 amide bonds. The van der Waals surface area contributed by atoms with Crippen LogP contribution in [0.2, 0.25) is 0 Å². The van der Waals surface area contributed by atoms with Crippen molar-refractivity contribution in [1.29, 1.82) is 0 Å². The van der Waals surface area contributed by atoms with Crippen molar-refractivity contribution >= 4 is 16.5 Å². The summed E-state index contributed by atoms with van der Waals surface area (Å²) in [6.07, 6.45) is 5.95. The molecule has 3 heterocycles. The van der Waals surface area contributed by atoms with Crippen molar-refractivity contribution in [2.45, 2.75) is 13.0 Å². The van der Waals surface area contributed by atoms with Crippen molar-refractivity contribution in [3.8, 4) is 5.82 Å². The van der Waals surface area contributed by atoms with Crippen LogP contribution in [0.15, 0.2) is 61.1 Å². The van der Waals surface area contributed by atoms with Crippen LogP contribution in [0, 0.1) is 5.82 Å². The Morgan fingerprint density at radius 2 is 1.92 bits per heavy atom. The number of aromatic nitrogens is 5. The van der Waals surface area contributed by atoms with E-state index in [2.05, 4.69) is 25.6 Å². The molecule has 0 saturated carbocycles. The SMILES string of the molecule is Fc1ccc(Cc2nnc(NCc3cccnc3-n3cccn3)s2)cc1. The van der Waals surface area contributed by atoms with E-state index in [0.717, 1.165) is 27.1 Å². The molecule has 0 fully saturated rings. The predicted molar refractivity (Wildman–Crippen MR) is 97.8 cm³/mol. The van der Waals surface area contributed by atoms with Gasteiger partial charge >= 0.3 is 0 Å². The van der Waals surface area contributed by atoms with Gasteiger partial charge in [0.1, 0.15) is 10.8 Å². The Hall–Kier alpha value is -3.13. The average molecular weight is 366 g/mol. The van der Waals surface area contributed by atoms with E-state index >= 15 is 0 Å². The minimum Gasteiger partial charge on any atom is -0.356 e. The van der Waals surface area contributed by atoms with Crippen molar-refractivity contribution in [2.75, 3.05) is 5.32 Å². The highest BCUT2D eigenvalue weighted by Gasteiger charge is 2.09. The van der Waals surface area contributed by atoms with Gasteiger partial charge in [0.2, 0.25) is 5.13 Å². The Balaban J connectivity index is 1.43. The first kappa shape index (κ1) is 16.3. The summed E-state index contributed by atoms with van der Waals surface area (Å²) < 4.78 is 14.7. The van der Waals surface area contributed by atoms with Crippen LogP contribution in [0.25, 0.3) is 5.82 Å². The molecule has 130 valence electrons. The van der Waals surface area contributed by atoms with Gasteiger partial charge in [0.15, 0.2) is 5.82 Å². The molecule has 0 aliphatic heterocycles. The first-order chi connectivity index (χ1) is 12.8.